The predicted molar refractivity (Wildman–Crippen MR) is 103 cm³/mol. The summed E-state index contributed by atoms with van der Waals surface area (Å²) in [5.41, 5.74) is 2.23. The fourth-order valence-electron chi connectivity index (χ4n) is 3.54. The number of aliphatic hydroxyl groups is 1. The average molecular weight is 373 g/mol. The number of carbonyl (C=O) groups excluding carboxylic acids is 1. The van der Waals surface area contributed by atoms with Crippen molar-refractivity contribution in [2.24, 2.45) is 5.92 Å². The van der Waals surface area contributed by atoms with Crippen LogP contribution in [0.5, 0.6) is 0 Å². The molecular formula is C21H25ClN2O2. The van der Waals surface area contributed by atoms with Crippen LogP contribution in [-0.4, -0.2) is 33.5 Å². The number of nitrogens with zero attached hydrogens (tertiary/aromatic N) is 2. The van der Waals surface area contributed by atoms with Crippen molar-refractivity contribution in [3.8, 4) is 0 Å². The average Bonchev–Trinajstić information content (AvgIpc) is 2.66. The number of amides is 1. The van der Waals surface area contributed by atoms with Crippen molar-refractivity contribution in [1.82, 2.24) is 9.88 Å². The number of carbonyl (C=O) groups is 1. The molecule has 1 heterocycles. The maximum Gasteiger partial charge on any atom is 0.226 e. The number of halogens is 1. The van der Waals surface area contributed by atoms with E-state index in [1.807, 2.05) is 41.3 Å². The standard InChI is InChI=1S/C21H25ClN2O2/c22-19-6-4-16(5-7-19)10-13-24(15-17-8-11-23-12-9-17)21(26)18-2-1-3-20(25)14-18/h4-9,11-12,18,20,25H,1-3,10,13-15H2/t18-,20-/m0/s1. The zero-order chi connectivity index (χ0) is 18.4. The van der Waals surface area contributed by atoms with Gasteiger partial charge in [0.05, 0.1) is 6.10 Å². The molecule has 1 saturated carbocycles. The van der Waals surface area contributed by atoms with Gasteiger partial charge in [-0.1, -0.05) is 30.2 Å². The maximum absolute atomic E-state index is 13.1. The molecule has 0 spiro atoms. The Morgan fingerprint density at radius 1 is 1.12 bits per heavy atom. The van der Waals surface area contributed by atoms with Gasteiger partial charge >= 0.3 is 0 Å². The van der Waals surface area contributed by atoms with Gasteiger partial charge in [-0.05, 0) is 61.1 Å². The Kier molecular flexibility index (Phi) is 6.64. The third-order valence-electron chi connectivity index (χ3n) is 5.01. The van der Waals surface area contributed by atoms with Crippen LogP contribution in [0.3, 0.4) is 0 Å². The van der Waals surface area contributed by atoms with Crippen molar-refractivity contribution < 1.29 is 9.90 Å². The summed E-state index contributed by atoms with van der Waals surface area (Å²) in [5.74, 6) is 0.0698. The van der Waals surface area contributed by atoms with Crippen molar-refractivity contribution >= 4 is 17.5 Å². The highest BCUT2D eigenvalue weighted by atomic mass is 35.5. The van der Waals surface area contributed by atoms with Gasteiger partial charge in [0.25, 0.3) is 0 Å². The summed E-state index contributed by atoms with van der Waals surface area (Å²) in [5, 5.41) is 10.7. The van der Waals surface area contributed by atoms with E-state index in [1.165, 1.54) is 0 Å². The number of hydrogen-bond donors (Lipinski definition) is 1. The van der Waals surface area contributed by atoms with Gasteiger partial charge in [0.2, 0.25) is 5.91 Å². The van der Waals surface area contributed by atoms with Gasteiger partial charge in [-0.25, -0.2) is 0 Å². The monoisotopic (exact) mass is 372 g/mol. The Labute approximate surface area is 159 Å². The second-order valence-electron chi connectivity index (χ2n) is 7.01. The summed E-state index contributed by atoms with van der Waals surface area (Å²) in [6.07, 6.45) is 7.09. The first kappa shape index (κ1) is 18.9. The maximum atomic E-state index is 13.1. The van der Waals surface area contributed by atoms with Gasteiger partial charge in [-0.3, -0.25) is 9.78 Å². The molecule has 1 fully saturated rings. The number of pyridine rings is 1. The third-order valence-corrected chi connectivity index (χ3v) is 5.27. The molecule has 1 aliphatic carbocycles. The summed E-state index contributed by atoms with van der Waals surface area (Å²) < 4.78 is 0. The molecule has 0 unspecified atom stereocenters. The zero-order valence-corrected chi connectivity index (χ0v) is 15.6. The first-order chi connectivity index (χ1) is 12.6. The second kappa shape index (κ2) is 9.15. The Balaban J connectivity index is 1.70. The normalized spacial score (nSPS) is 19.9. The Morgan fingerprint density at radius 2 is 1.85 bits per heavy atom. The molecule has 1 amide bonds. The van der Waals surface area contributed by atoms with E-state index in [0.29, 0.717) is 19.5 Å². The van der Waals surface area contributed by atoms with Crippen LogP contribution in [0, 0.1) is 5.92 Å². The fourth-order valence-corrected chi connectivity index (χ4v) is 3.66. The van der Waals surface area contributed by atoms with Crippen molar-refractivity contribution in [1.29, 1.82) is 0 Å². The lowest BCUT2D eigenvalue weighted by atomic mass is 9.86. The minimum Gasteiger partial charge on any atom is -0.393 e. The van der Waals surface area contributed by atoms with Crippen LogP contribution in [0.2, 0.25) is 5.02 Å². The van der Waals surface area contributed by atoms with E-state index in [9.17, 15) is 9.90 Å². The molecule has 2 atom stereocenters. The van der Waals surface area contributed by atoms with E-state index in [2.05, 4.69) is 4.98 Å². The lowest BCUT2D eigenvalue weighted by Crippen LogP contribution is -2.39. The zero-order valence-electron chi connectivity index (χ0n) is 14.9. The first-order valence-corrected chi connectivity index (χ1v) is 9.60. The van der Waals surface area contributed by atoms with Gasteiger partial charge in [-0.15, -0.1) is 0 Å². The van der Waals surface area contributed by atoms with Crippen LogP contribution in [-0.2, 0) is 17.8 Å². The van der Waals surface area contributed by atoms with Crippen molar-refractivity contribution in [2.45, 2.75) is 44.8 Å². The van der Waals surface area contributed by atoms with Crippen LogP contribution < -0.4 is 0 Å². The molecule has 1 N–H and O–H groups in total. The van der Waals surface area contributed by atoms with Crippen molar-refractivity contribution in [2.75, 3.05) is 6.54 Å². The van der Waals surface area contributed by atoms with Crippen molar-refractivity contribution in [3.63, 3.8) is 0 Å². The van der Waals surface area contributed by atoms with E-state index in [1.54, 1.807) is 12.4 Å². The molecule has 26 heavy (non-hydrogen) atoms. The SMILES string of the molecule is O=C([C@H]1CCC[C@H](O)C1)N(CCc1ccc(Cl)cc1)Cc1ccncc1. The Morgan fingerprint density at radius 3 is 2.54 bits per heavy atom. The number of benzene rings is 1. The molecule has 1 aromatic carbocycles. The largest absolute Gasteiger partial charge is 0.393 e. The van der Waals surface area contributed by atoms with Crippen LogP contribution in [0.4, 0.5) is 0 Å². The Hall–Kier alpha value is -1.91. The molecule has 0 saturated heterocycles. The lowest BCUT2D eigenvalue weighted by molar-refractivity contribution is -0.138. The van der Waals surface area contributed by atoms with Gasteiger partial charge in [0.1, 0.15) is 0 Å². The van der Waals surface area contributed by atoms with Gasteiger partial charge in [0.15, 0.2) is 0 Å². The molecule has 5 heteroatoms. The van der Waals surface area contributed by atoms with E-state index in [4.69, 9.17) is 11.6 Å². The highest BCUT2D eigenvalue weighted by Crippen LogP contribution is 2.26. The molecule has 1 aliphatic rings. The minimum absolute atomic E-state index is 0.0780. The van der Waals surface area contributed by atoms with Crippen LogP contribution in [0.15, 0.2) is 48.8 Å². The summed E-state index contributed by atoms with van der Waals surface area (Å²) in [4.78, 5) is 19.1. The van der Waals surface area contributed by atoms with E-state index >= 15 is 0 Å². The number of rotatable bonds is 6. The second-order valence-corrected chi connectivity index (χ2v) is 7.45. The topological polar surface area (TPSA) is 53.4 Å². The van der Waals surface area contributed by atoms with Gasteiger partial charge < -0.3 is 10.0 Å². The molecular weight excluding hydrogens is 348 g/mol. The van der Waals surface area contributed by atoms with E-state index in [-0.39, 0.29) is 17.9 Å². The highest BCUT2D eigenvalue weighted by Gasteiger charge is 2.29. The van der Waals surface area contributed by atoms with Gasteiger partial charge in [-0.2, -0.15) is 0 Å². The molecule has 138 valence electrons. The number of aromatic nitrogens is 1. The van der Waals surface area contributed by atoms with Crippen LogP contribution in [0.25, 0.3) is 0 Å². The highest BCUT2D eigenvalue weighted by molar-refractivity contribution is 6.30. The summed E-state index contributed by atoms with van der Waals surface area (Å²) in [6.45, 7) is 1.22. The summed E-state index contributed by atoms with van der Waals surface area (Å²) in [6, 6.07) is 11.6. The van der Waals surface area contributed by atoms with Crippen LogP contribution in [0.1, 0.15) is 36.8 Å². The van der Waals surface area contributed by atoms with Crippen molar-refractivity contribution in [3.05, 3.63) is 64.9 Å². The fraction of sp³-hybridized carbons (Fsp3) is 0.429. The number of aliphatic hydroxyl groups excluding tert-OH is 1. The summed E-state index contributed by atoms with van der Waals surface area (Å²) in [7, 11) is 0. The van der Waals surface area contributed by atoms with E-state index < -0.39 is 0 Å². The predicted octanol–water partition coefficient (Wildman–Crippen LogP) is 3.86. The quantitative estimate of drug-likeness (QED) is 0.837. The molecule has 0 radical (unpaired) electrons. The smallest absolute Gasteiger partial charge is 0.226 e. The molecule has 4 nitrogen and oxygen atoms in total. The molecule has 0 bridgehead atoms. The van der Waals surface area contributed by atoms with Crippen LogP contribution >= 0.6 is 11.6 Å². The number of hydrogen-bond acceptors (Lipinski definition) is 3. The Bertz CT molecular complexity index is 706. The molecule has 2 aromatic rings. The summed E-state index contributed by atoms with van der Waals surface area (Å²) >= 11 is 5.95. The molecule has 0 aliphatic heterocycles. The first-order valence-electron chi connectivity index (χ1n) is 9.22. The molecule has 1 aromatic heterocycles. The lowest BCUT2D eigenvalue weighted by Gasteiger charge is -2.31. The minimum atomic E-state index is -0.350. The molecule has 3 rings (SSSR count). The van der Waals surface area contributed by atoms with Gasteiger partial charge in [0, 0.05) is 36.4 Å². The van der Waals surface area contributed by atoms with E-state index in [0.717, 1.165) is 41.8 Å². The third kappa shape index (κ3) is 5.29.